The first-order valence-electron chi connectivity index (χ1n) is 4.87. The van der Waals surface area contributed by atoms with Gasteiger partial charge < -0.3 is 5.73 Å². The number of sulfonamides is 1. The molecule has 0 spiro atoms. The first-order chi connectivity index (χ1) is 8.38. The summed E-state index contributed by atoms with van der Waals surface area (Å²) in [6.07, 6.45) is 1.55. The molecule has 0 radical (unpaired) electrons. The number of halogens is 1. The number of hydrogen-bond acceptors (Lipinski definition) is 5. The third kappa shape index (κ3) is 2.82. The van der Waals surface area contributed by atoms with Crippen molar-refractivity contribution in [3.8, 4) is 0 Å². The Kier molecular flexibility index (Phi) is 3.60. The topological polar surface area (TPSA) is 85.1 Å². The summed E-state index contributed by atoms with van der Waals surface area (Å²) in [5.41, 5.74) is 6.84. The number of nitrogens with one attached hydrogen (secondary N) is 1. The van der Waals surface area contributed by atoms with Crippen LogP contribution in [0.2, 0.25) is 0 Å². The van der Waals surface area contributed by atoms with Gasteiger partial charge in [0.15, 0.2) is 0 Å². The summed E-state index contributed by atoms with van der Waals surface area (Å²) in [6.45, 7) is 1.85. The summed E-state index contributed by atoms with van der Waals surface area (Å²) in [6, 6.07) is 3.07. The third-order valence-corrected chi connectivity index (χ3v) is 5.79. The minimum atomic E-state index is -3.61. The van der Waals surface area contributed by atoms with Crippen molar-refractivity contribution >= 4 is 48.8 Å². The fraction of sp³-hybridized carbons (Fsp3) is 0.100. The number of pyridine rings is 1. The number of rotatable bonds is 3. The van der Waals surface area contributed by atoms with Crippen molar-refractivity contribution < 1.29 is 8.42 Å². The molecule has 0 aliphatic rings. The minimum absolute atomic E-state index is 0.169. The number of anilines is 2. The van der Waals surface area contributed by atoms with Crippen molar-refractivity contribution in [2.24, 2.45) is 0 Å². The molecule has 2 rings (SSSR count). The van der Waals surface area contributed by atoms with E-state index in [1.54, 1.807) is 17.6 Å². The molecule has 3 N–H and O–H groups in total. The van der Waals surface area contributed by atoms with Crippen LogP contribution in [0.5, 0.6) is 0 Å². The van der Waals surface area contributed by atoms with E-state index in [0.717, 1.165) is 21.4 Å². The van der Waals surface area contributed by atoms with Crippen LogP contribution >= 0.6 is 27.3 Å². The van der Waals surface area contributed by atoms with Crippen molar-refractivity contribution in [2.45, 2.75) is 11.1 Å². The number of nitrogens with zero attached hydrogens (tertiary/aromatic N) is 1. The van der Waals surface area contributed by atoms with E-state index in [4.69, 9.17) is 5.73 Å². The summed E-state index contributed by atoms with van der Waals surface area (Å²) in [5.74, 6) is 0.280. The zero-order chi connectivity index (χ0) is 13.3. The van der Waals surface area contributed by atoms with Crippen LogP contribution < -0.4 is 10.5 Å². The van der Waals surface area contributed by atoms with Gasteiger partial charge in [0.1, 0.15) is 10.0 Å². The van der Waals surface area contributed by atoms with Gasteiger partial charge in [-0.2, -0.15) is 0 Å². The van der Waals surface area contributed by atoms with Crippen LogP contribution in [0.25, 0.3) is 0 Å². The monoisotopic (exact) mass is 347 g/mol. The number of nitrogen functional groups attached to an aromatic ring is 1. The maximum Gasteiger partial charge on any atom is 0.272 e. The van der Waals surface area contributed by atoms with Gasteiger partial charge >= 0.3 is 0 Å². The highest BCUT2D eigenvalue weighted by Gasteiger charge is 2.17. The number of nitrogens with two attached hydrogens (primary N) is 1. The van der Waals surface area contributed by atoms with Crippen LogP contribution in [-0.4, -0.2) is 13.4 Å². The zero-order valence-corrected chi connectivity index (χ0v) is 12.6. The van der Waals surface area contributed by atoms with E-state index < -0.39 is 10.0 Å². The second-order valence-electron chi connectivity index (χ2n) is 3.62. The Bertz CT molecular complexity index is 682. The maximum absolute atomic E-state index is 12.0. The van der Waals surface area contributed by atoms with Crippen molar-refractivity contribution in [3.05, 3.63) is 33.7 Å². The summed E-state index contributed by atoms with van der Waals surface area (Å²) < 4.78 is 27.4. The van der Waals surface area contributed by atoms with Gasteiger partial charge in [0.25, 0.3) is 10.0 Å². The highest BCUT2D eigenvalue weighted by molar-refractivity contribution is 9.10. The van der Waals surface area contributed by atoms with Crippen molar-refractivity contribution in [1.82, 2.24) is 4.98 Å². The first-order valence-corrected chi connectivity index (χ1v) is 8.03. The van der Waals surface area contributed by atoms with Gasteiger partial charge in [0, 0.05) is 21.7 Å². The molecule has 5 nitrogen and oxygen atoms in total. The quantitative estimate of drug-likeness (QED) is 0.893. The summed E-state index contributed by atoms with van der Waals surface area (Å²) in [4.78, 5) is 3.99. The Morgan fingerprint density at radius 3 is 2.72 bits per heavy atom. The Balaban J connectivity index is 2.30. The van der Waals surface area contributed by atoms with Crippen LogP contribution in [0.3, 0.4) is 0 Å². The average Bonchev–Trinajstić information content (AvgIpc) is 2.71. The van der Waals surface area contributed by atoms with E-state index in [1.165, 1.54) is 6.07 Å². The van der Waals surface area contributed by atoms with Gasteiger partial charge in [-0.05, 0) is 40.5 Å². The van der Waals surface area contributed by atoms with Gasteiger partial charge in [0.2, 0.25) is 0 Å². The van der Waals surface area contributed by atoms with Crippen molar-refractivity contribution in [3.63, 3.8) is 0 Å². The van der Waals surface area contributed by atoms with Crippen LogP contribution in [0.1, 0.15) is 5.56 Å². The van der Waals surface area contributed by atoms with Crippen LogP contribution in [0.4, 0.5) is 11.5 Å². The van der Waals surface area contributed by atoms with Gasteiger partial charge in [-0.3, -0.25) is 4.72 Å². The lowest BCUT2D eigenvalue weighted by molar-refractivity contribution is 0.603. The predicted molar refractivity (Wildman–Crippen MR) is 76.2 cm³/mol. The largest absolute Gasteiger partial charge is 0.398 e. The normalized spacial score (nSPS) is 11.4. The molecule has 0 amide bonds. The van der Waals surface area contributed by atoms with E-state index in [-0.39, 0.29) is 10.0 Å². The van der Waals surface area contributed by atoms with Gasteiger partial charge in [0.05, 0.1) is 0 Å². The third-order valence-electron chi connectivity index (χ3n) is 2.15. The lowest BCUT2D eigenvalue weighted by Gasteiger charge is -2.06. The molecule has 8 heteroatoms. The van der Waals surface area contributed by atoms with E-state index in [2.05, 4.69) is 25.6 Å². The van der Waals surface area contributed by atoms with Crippen molar-refractivity contribution in [2.75, 3.05) is 10.5 Å². The Morgan fingerprint density at radius 2 is 2.17 bits per heavy atom. The van der Waals surface area contributed by atoms with E-state index in [9.17, 15) is 8.42 Å². The molecular formula is C10H10BrN3O2S2. The number of aryl methyl sites for hydroxylation is 1. The predicted octanol–water partition coefficient (Wildman–Crippen LogP) is 2.60. The molecule has 0 unspecified atom stereocenters. The van der Waals surface area contributed by atoms with Gasteiger partial charge in [-0.1, -0.05) is 0 Å². The number of hydrogen-bond donors (Lipinski definition) is 2. The van der Waals surface area contributed by atoms with Crippen LogP contribution in [0.15, 0.2) is 32.4 Å². The number of aromatic nitrogens is 1. The molecule has 96 valence electrons. The number of thiophene rings is 1. The molecule has 0 atom stereocenters. The van der Waals surface area contributed by atoms with Crippen LogP contribution in [0, 0.1) is 6.92 Å². The summed E-state index contributed by atoms with van der Waals surface area (Å²) in [5, 5.41) is 1.58. The van der Waals surface area contributed by atoms with E-state index >= 15 is 0 Å². The lowest BCUT2D eigenvalue weighted by Crippen LogP contribution is -2.12. The zero-order valence-electron chi connectivity index (χ0n) is 9.34. The SMILES string of the molecule is Cc1cc(NS(=O)(=O)c2cc(N)cs2)ncc1Br. The minimum Gasteiger partial charge on any atom is -0.398 e. The molecule has 0 saturated carbocycles. The lowest BCUT2D eigenvalue weighted by atomic mass is 10.3. The fourth-order valence-corrected chi connectivity index (χ4v) is 3.55. The van der Waals surface area contributed by atoms with E-state index in [0.29, 0.717) is 5.69 Å². The highest BCUT2D eigenvalue weighted by atomic mass is 79.9. The second kappa shape index (κ2) is 4.87. The second-order valence-corrected chi connectivity index (χ2v) is 7.30. The molecule has 18 heavy (non-hydrogen) atoms. The molecule has 2 aromatic rings. The molecule has 0 aliphatic heterocycles. The molecule has 0 aliphatic carbocycles. The summed E-state index contributed by atoms with van der Waals surface area (Å²) >= 11 is 4.37. The van der Waals surface area contributed by atoms with E-state index in [1.807, 2.05) is 6.92 Å². The van der Waals surface area contributed by atoms with Gasteiger partial charge in [-0.25, -0.2) is 13.4 Å². The van der Waals surface area contributed by atoms with Crippen LogP contribution in [-0.2, 0) is 10.0 Å². The molecule has 0 fully saturated rings. The molecule has 0 aromatic carbocycles. The average molecular weight is 348 g/mol. The molecule has 0 bridgehead atoms. The molecule has 0 saturated heterocycles. The molecule has 2 aromatic heterocycles. The van der Waals surface area contributed by atoms with Crippen molar-refractivity contribution in [1.29, 1.82) is 0 Å². The standard InChI is InChI=1S/C10H10BrN3O2S2/c1-6-2-9(13-4-8(6)11)14-18(15,16)10-3-7(12)5-17-10/h2-5H,12H2,1H3,(H,13,14). The Hall–Kier alpha value is -1.12. The summed E-state index contributed by atoms with van der Waals surface area (Å²) in [7, 11) is -3.61. The fourth-order valence-electron chi connectivity index (χ4n) is 1.25. The molecular weight excluding hydrogens is 338 g/mol. The van der Waals surface area contributed by atoms with Gasteiger partial charge in [-0.15, -0.1) is 11.3 Å². The Labute approximate surface area is 117 Å². The molecule has 2 heterocycles. The highest BCUT2D eigenvalue weighted by Crippen LogP contribution is 2.24. The Morgan fingerprint density at radius 1 is 1.44 bits per heavy atom. The smallest absolute Gasteiger partial charge is 0.272 e. The maximum atomic E-state index is 12.0. The first kappa shape index (κ1) is 13.3.